The third kappa shape index (κ3) is 6.39. The second-order valence-corrected chi connectivity index (χ2v) is 13.7. The quantitative estimate of drug-likeness (QED) is 0.273. The SMILES string of the molecule is COc1ccc(C2CCC(C(NC(=O)C3CCCCC3)c3cccc(-c4cnc(C5CC5)s4)c3)CC2CO)cc1C. The van der Waals surface area contributed by atoms with Crippen molar-refractivity contribution in [3.8, 4) is 16.2 Å². The molecular weight excluding hydrogens is 528 g/mol. The molecule has 0 spiro atoms. The fourth-order valence-electron chi connectivity index (χ4n) is 7.31. The monoisotopic (exact) mass is 572 g/mol. The number of hydrogen-bond donors (Lipinski definition) is 2. The lowest BCUT2D eigenvalue weighted by molar-refractivity contribution is -0.127. The second-order valence-electron chi connectivity index (χ2n) is 12.6. The molecule has 5 nitrogen and oxygen atoms in total. The molecule has 0 bridgehead atoms. The van der Waals surface area contributed by atoms with Crippen LogP contribution >= 0.6 is 11.3 Å². The summed E-state index contributed by atoms with van der Waals surface area (Å²) < 4.78 is 5.49. The van der Waals surface area contributed by atoms with Crippen LogP contribution in [0.15, 0.2) is 48.7 Å². The minimum absolute atomic E-state index is 0.0622. The van der Waals surface area contributed by atoms with Crippen molar-refractivity contribution in [3.63, 3.8) is 0 Å². The van der Waals surface area contributed by atoms with Crippen molar-refractivity contribution in [3.05, 3.63) is 70.4 Å². The Morgan fingerprint density at radius 3 is 2.63 bits per heavy atom. The van der Waals surface area contributed by atoms with Crippen LogP contribution in [0.2, 0.25) is 0 Å². The summed E-state index contributed by atoms with van der Waals surface area (Å²) >= 11 is 1.81. The average molecular weight is 573 g/mol. The summed E-state index contributed by atoms with van der Waals surface area (Å²) in [5, 5.41) is 15.4. The molecule has 3 aromatic rings. The van der Waals surface area contributed by atoms with Gasteiger partial charge in [0.1, 0.15) is 5.75 Å². The maximum Gasteiger partial charge on any atom is 0.223 e. The van der Waals surface area contributed by atoms with Crippen LogP contribution in [-0.4, -0.2) is 29.7 Å². The molecule has 3 aliphatic carbocycles. The molecule has 1 amide bonds. The van der Waals surface area contributed by atoms with E-state index in [9.17, 15) is 9.90 Å². The van der Waals surface area contributed by atoms with E-state index in [1.54, 1.807) is 7.11 Å². The van der Waals surface area contributed by atoms with Crippen molar-refractivity contribution in [1.82, 2.24) is 10.3 Å². The van der Waals surface area contributed by atoms with E-state index < -0.39 is 0 Å². The number of carbonyl (C=O) groups is 1. The van der Waals surface area contributed by atoms with Crippen LogP contribution in [0, 0.1) is 24.7 Å². The summed E-state index contributed by atoms with van der Waals surface area (Å²) in [5.74, 6) is 2.61. The highest BCUT2D eigenvalue weighted by Crippen LogP contribution is 2.47. The smallest absolute Gasteiger partial charge is 0.223 e. The van der Waals surface area contributed by atoms with Crippen LogP contribution in [0.4, 0.5) is 0 Å². The van der Waals surface area contributed by atoms with Gasteiger partial charge in [0.05, 0.1) is 23.0 Å². The summed E-state index contributed by atoms with van der Waals surface area (Å²) in [6, 6.07) is 15.2. The van der Waals surface area contributed by atoms with E-state index in [4.69, 9.17) is 9.72 Å². The number of aromatic nitrogens is 1. The van der Waals surface area contributed by atoms with Crippen LogP contribution in [-0.2, 0) is 4.79 Å². The molecule has 1 aromatic heterocycles. The molecule has 41 heavy (non-hydrogen) atoms. The number of aryl methyl sites for hydroxylation is 1. The number of aliphatic hydroxyl groups excluding tert-OH is 1. The first kappa shape index (κ1) is 28.4. The molecule has 6 heteroatoms. The van der Waals surface area contributed by atoms with Crippen LogP contribution < -0.4 is 10.1 Å². The first-order valence-corrected chi connectivity index (χ1v) is 16.5. The lowest BCUT2D eigenvalue weighted by Crippen LogP contribution is -2.40. The molecule has 0 radical (unpaired) electrons. The Hall–Kier alpha value is -2.70. The molecule has 3 aliphatic rings. The molecule has 4 atom stereocenters. The van der Waals surface area contributed by atoms with E-state index in [-0.39, 0.29) is 36.3 Å². The lowest BCUT2D eigenvalue weighted by Gasteiger charge is -2.40. The maximum absolute atomic E-state index is 13.6. The minimum Gasteiger partial charge on any atom is -0.496 e. The fraction of sp³-hybridized carbons (Fsp3) is 0.543. The Kier molecular flexibility index (Phi) is 8.78. The number of methoxy groups -OCH3 is 1. The number of aliphatic hydroxyl groups is 1. The normalized spacial score (nSPS) is 24.1. The van der Waals surface area contributed by atoms with Gasteiger partial charge in [0.2, 0.25) is 5.91 Å². The van der Waals surface area contributed by atoms with Crippen LogP contribution in [0.3, 0.4) is 0 Å². The molecule has 3 fully saturated rings. The van der Waals surface area contributed by atoms with Crippen LogP contribution in [0.5, 0.6) is 5.75 Å². The van der Waals surface area contributed by atoms with Crippen molar-refractivity contribution < 1.29 is 14.6 Å². The Labute approximate surface area is 248 Å². The van der Waals surface area contributed by atoms with Gasteiger partial charge in [-0.25, -0.2) is 4.98 Å². The van der Waals surface area contributed by atoms with Gasteiger partial charge in [-0.05, 0) is 104 Å². The molecular formula is C35H44N2O3S. The first-order chi connectivity index (χ1) is 20.0. The first-order valence-electron chi connectivity index (χ1n) is 15.7. The molecule has 2 N–H and O–H groups in total. The highest BCUT2D eigenvalue weighted by Gasteiger charge is 2.37. The summed E-state index contributed by atoms with van der Waals surface area (Å²) in [6.45, 7) is 2.24. The number of rotatable bonds is 9. The van der Waals surface area contributed by atoms with E-state index in [2.05, 4.69) is 54.7 Å². The van der Waals surface area contributed by atoms with E-state index in [0.29, 0.717) is 11.8 Å². The van der Waals surface area contributed by atoms with Gasteiger partial charge in [0.25, 0.3) is 0 Å². The lowest BCUT2D eigenvalue weighted by atomic mass is 9.68. The summed E-state index contributed by atoms with van der Waals surface area (Å²) in [5.41, 5.74) is 4.77. The number of carbonyl (C=O) groups excluding carboxylic acids is 1. The van der Waals surface area contributed by atoms with E-state index >= 15 is 0 Å². The van der Waals surface area contributed by atoms with Gasteiger partial charge in [-0.1, -0.05) is 49.6 Å². The van der Waals surface area contributed by atoms with Crippen molar-refractivity contribution in [2.75, 3.05) is 13.7 Å². The maximum atomic E-state index is 13.6. The van der Waals surface area contributed by atoms with Crippen LogP contribution in [0.25, 0.3) is 10.4 Å². The van der Waals surface area contributed by atoms with Gasteiger partial charge in [-0.3, -0.25) is 4.79 Å². The molecule has 0 saturated heterocycles. The van der Waals surface area contributed by atoms with Gasteiger partial charge in [-0.15, -0.1) is 11.3 Å². The zero-order valence-electron chi connectivity index (χ0n) is 24.5. The molecule has 6 rings (SSSR count). The summed E-state index contributed by atoms with van der Waals surface area (Å²) in [7, 11) is 1.71. The third-order valence-corrected chi connectivity index (χ3v) is 11.0. The van der Waals surface area contributed by atoms with E-state index in [1.165, 1.54) is 45.8 Å². The second kappa shape index (κ2) is 12.7. The Morgan fingerprint density at radius 1 is 1.07 bits per heavy atom. The van der Waals surface area contributed by atoms with Gasteiger partial charge >= 0.3 is 0 Å². The number of benzene rings is 2. The van der Waals surface area contributed by atoms with Crippen molar-refractivity contribution in [1.29, 1.82) is 0 Å². The third-order valence-electron chi connectivity index (χ3n) is 9.83. The highest BCUT2D eigenvalue weighted by molar-refractivity contribution is 7.15. The van der Waals surface area contributed by atoms with Gasteiger partial charge in [0.15, 0.2) is 0 Å². The number of thiazole rings is 1. The predicted molar refractivity (Wildman–Crippen MR) is 165 cm³/mol. The van der Waals surface area contributed by atoms with Crippen molar-refractivity contribution in [2.45, 2.75) is 89.0 Å². The Morgan fingerprint density at radius 2 is 1.90 bits per heavy atom. The number of ether oxygens (including phenoxy) is 1. The van der Waals surface area contributed by atoms with Gasteiger partial charge < -0.3 is 15.2 Å². The highest BCUT2D eigenvalue weighted by atomic mass is 32.1. The summed E-state index contributed by atoms with van der Waals surface area (Å²) in [6.07, 6.45) is 12.9. The number of hydrogen-bond acceptors (Lipinski definition) is 5. The average Bonchev–Trinajstić information content (AvgIpc) is 3.75. The summed E-state index contributed by atoms with van der Waals surface area (Å²) in [4.78, 5) is 19.5. The minimum atomic E-state index is -0.0622. The Bertz CT molecular complexity index is 1340. The molecule has 2 aromatic carbocycles. The fourth-order valence-corrected chi connectivity index (χ4v) is 8.39. The number of amides is 1. The number of nitrogens with one attached hydrogen (secondary N) is 1. The molecule has 0 aliphatic heterocycles. The molecule has 4 unspecified atom stereocenters. The molecule has 1 heterocycles. The van der Waals surface area contributed by atoms with E-state index in [0.717, 1.165) is 56.3 Å². The zero-order valence-corrected chi connectivity index (χ0v) is 25.3. The largest absolute Gasteiger partial charge is 0.496 e. The van der Waals surface area contributed by atoms with E-state index in [1.807, 2.05) is 17.5 Å². The van der Waals surface area contributed by atoms with Gasteiger partial charge in [-0.2, -0.15) is 0 Å². The topological polar surface area (TPSA) is 71.5 Å². The molecule has 218 valence electrons. The molecule has 3 saturated carbocycles. The van der Waals surface area contributed by atoms with Crippen molar-refractivity contribution >= 4 is 17.2 Å². The zero-order chi connectivity index (χ0) is 28.3. The standard InChI is InChI=1S/C35H44N2O3S/c1-22-17-25(14-16-31(22)40-2)30-15-13-28(19-29(30)21-38)33(37-34(39)23-7-4-3-5-8-23)27-10-6-9-26(18-27)32-20-36-35(41-32)24-11-12-24/h6,9-10,14,16-18,20,23-24,28-30,33,38H,3-5,7-8,11-13,15,19,21H2,1-2H3,(H,37,39). The van der Waals surface area contributed by atoms with Gasteiger partial charge in [0, 0.05) is 24.6 Å². The Balaban J connectivity index is 1.26. The van der Waals surface area contributed by atoms with Crippen molar-refractivity contribution in [2.24, 2.45) is 17.8 Å². The predicted octanol–water partition coefficient (Wildman–Crippen LogP) is 7.93. The van der Waals surface area contributed by atoms with Crippen LogP contribution in [0.1, 0.15) is 104 Å². The number of nitrogens with zero attached hydrogens (tertiary/aromatic N) is 1.